The van der Waals surface area contributed by atoms with E-state index in [2.05, 4.69) is 10.0 Å². The van der Waals surface area contributed by atoms with Crippen LogP contribution in [-0.2, 0) is 14.2 Å². The highest BCUT2D eigenvalue weighted by Crippen LogP contribution is 2.31. The SMILES string of the molecule is CO[C@H]1OC(C)[C@@H](N=[N+]=[N-])[C@H](C)C1OC(=O)c1ccccc1. The summed E-state index contributed by atoms with van der Waals surface area (Å²) in [6, 6.07) is 8.26. The molecule has 7 heteroatoms. The van der Waals surface area contributed by atoms with E-state index in [4.69, 9.17) is 19.7 Å². The number of nitrogens with zero attached hydrogens (tertiary/aromatic N) is 3. The Morgan fingerprint density at radius 2 is 2.00 bits per heavy atom. The monoisotopic (exact) mass is 305 g/mol. The van der Waals surface area contributed by atoms with Gasteiger partial charge in [-0.05, 0) is 24.6 Å². The van der Waals surface area contributed by atoms with Crippen LogP contribution in [0.1, 0.15) is 24.2 Å². The Balaban J connectivity index is 2.18. The van der Waals surface area contributed by atoms with Gasteiger partial charge in [-0.2, -0.15) is 0 Å². The molecular formula is C15H19N3O4. The van der Waals surface area contributed by atoms with Crippen molar-refractivity contribution in [3.8, 4) is 0 Å². The fourth-order valence-electron chi connectivity index (χ4n) is 2.62. The summed E-state index contributed by atoms with van der Waals surface area (Å²) in [7, 11) is 1.49. The quantitative estimate of drug-likeness (QED) is 0.370. The van der Waals surface area contributed by atoms with Gasteiger partial charge in [0, 0.05) is 17.9 Å². The molecule has 1 heterocycles. The molecule has 0 bridgehead atoms. The van der Waals surface area contributed by atoms with Crippen LogP contribution in [0.25, 0.3) is 10.4 Å². The minimum atomic E-state index is -0.692. The largest absolute Gasteiger partial charge is 0.453 e. The fourth-order valence-corrected chi connectivity index (χ4v) is 2.62. The Morgan fingerprint density at radius 3 is 2.59 bits per heavy atom. The van der Waals surface area contributed by atoms with Crippen LogP contribution in [0.5, 0.6) is 0 Å². The number of hydrogen-bond donors (Lipinski definition) is 0. The maximum absolute atomic E-state index is 12.2. The summed E-state index contributed by atoms with van der Waals surface area (Å²) in [6.45, 7) is 3.66. The number of azide groups is 1. The second-order valence-electron chi connectivity index (χ2n) is 5.24. The molecule has 0 amide bonds. The molecule has 118 valence electrons. The van der Waals surface area contributed by atoms with Gasteiger partial charge in [0.25, 0.3) is 0 Å². The molecule has 1 fully saturated rings. The van der Waals surface area contributed by atoms with Gasteiger partial charge >= 0.3 is 5.97 Å². The van der Waals surface area contributed by atoms with Crippen molar-refractivity contribution in [1.29, 1.82) is 0 Å². The van der Waals surface area contributed by atoms with Crippen LogP contribution in [-0.4, -0.2) is 37.6 Å². The van der Waals surface area contributed by atoms with Crippen molar-refractivity contribution in [2.75, 3.05) is 7.11 Å². The van der Waals surface area contributed by atoms with E-state index in [0.29, 0.717) is 5.56 Å². The summed E-state index contributed by atoms with van der Waals surface area (Å²) in [5, 5.41) is 3.75. The van der Waals surface area contributed by atoms with E-state index in [1.165, 1.54) is 7.11 Å². The molecule has 22 heavy (non-hydrogen) atoms. The third-order valence-electron chi connectivity index (χ3n) is 3.82. The van der Waals surface area contributed by atoms with Crippen molar-refractivity contribution in [2.45, 2.75) is 38.4 Å². The van der Waals surface area contributed by atoms with Gasteiger partial charge in [-0.3, -0.25) is 0 Å². The van der Waals surface area contributed by atoms with Crippen LogP contribution in [0, 0.1) is 5.92 Å². The highest BCUT2D eigenvalue weighted by atomic mass is 16.7. The average molecular weight is 305 g/mol. The molecule has 0 aliphatic carbocycles. The molecule has 1 saturated heterocycles. The van der Waals surface area contributed by atoms with Crippen molar-refractivity contribution >= 4 is 5.97 Å². The van der Waals surface area contributed by atoms with Gasteiger partial charge in [0.1, 0.15) is 0 Å². The number of ether oxygens (including phenoxy) is 3. The molecule has 0 N–H and O–H groups in total. The Labute approximate surface area is 128 Å². The minimum Gasteiger partial charge on any atom is -0.453 e. The van der Waals surface area contributed by atoms with Crippen molar-refractivity contribution in [1.82, 2.24) is 0 Å². The molecule has 2 rings (SSSR count). The molecule has 0 radical (unpaired) electrons. The highest BCUT2D eigenvalue weighted by Gasteiger charge is 2.44. The highest BCUT2D eigenvalue weighted by molar-refractivity contribution is 5.89. The molecule has 1 aromatic carbocycles. The molecule has 2 unspecified atom stereocenters. The zero-order chi connectivity index (χ0) is 16.1. The lowest BCUT2D eigenvalue weighted by atomic mass is 9.89. The maximum atomic E-state index is 12.2. The minimum absolute atomic E-state index is 0.225. The summed E-state index contributed by atoms with van der Waals surface area (Å²) in [5.74, 6) is -0.686. The van der Waals surface area contributed by atoms with Crippen LogP contribution >= 0.6 is 0 Å². The third-order valence-corrected chi connectivity index (χ3v) is 3.82. The first kappa shape index (κ1) is 16.3. The van der Waals surface area contributed by atoms with Gasteiger partial charge < -0.3 is 14.2 Å². The zero-order valence-corrected chi connectivity index (χ0v) is 12.7. The first-order valence-electron chi connectivity index (χ1n) is 7.07. The normalized spacial score (nSPS) is 31.1. The molecule has 0 saturated carbocycles. The summed E-state index contributed by atoms with van der Waals surface area (Å²) in [6.07, 6.45) is -1.66. The smallest absolute Gasteiger partial charge is 0.338 e. The Kier molecular flexibility index (Phi) is 5.38. The Morgan fingerprint density at radius 1 is 1.32 bits per heavy atom. The lowest BCUT2D eigenvalue weighted by Gasteiger charge is -2.41. The van der Waals surface area contributed by atoms with E-state index in [9.17, 15) is 4.79 Å². The molecule has 0 spiro atoms. The molecule has 0 aromatic heterocycles. The first-order valence-corrected chi connectivity index (χ1v) is 7.07. The van der Waals surface area contributed by atoms with Crippen molar-refractivity contribution < 1.29 is 19.0 Å². The van der Waals surface area contributed by atoms with E-state index in [0.717, 1.165) is 0 Å². The van der Waals surface area contributed by atoms with E-state index in [1.807, 2.05) is 13.0 Å². The van der Waals surface area contributed by atoms with Gasteiger partial charge in [0.2, 0.25) is 0 Å². The van der Waals surface area contributed by atoms with Gasteiger partial charge in [-0.25, -0.2) is 4.79 Å². The van der Waals surface area contributed by atoms with Gasteiger partial charge in [-0.15, -0.1) is 0 Å². The topological polar surface area (TPSA) is 93.5 Å². The molecule has 1 aromatic rings. The number of methoxy groups -OCH3 is 1. The van der Waals surface area contributed by atoms with E-state index in [1.54, 1.807) is 31.2 Å². The van der Waals surface area contributed by atoms with Crippen LogP contribution in [0.4, 0.5) is 0 Å². The molecule has 1 aliphatic rings. The Bertz CT molecular complexity index is 559. The van der Waals surface area contributed by atoms with E-state index < -0.39 is 24.4 Å². The summed E-state index contributed by atoms with van der Waals surface area (Å²) in [5.41, 5.74) is 9.13. The lowest BCUT2D eigenvalue weighted by Crippen LogP contribution is -2.53. The molecule has 5 atom stereocenters. The maximum Gasteiger partial charge on any atom is 0.338 e. The van der Waals surface area contributed by atoms with Crippen LogP contribution in [0.3, 0.4) is 0 Å². The summed E-state index contributed by atoms with van der Waals surface area (Å²) < 4.78 is 16.5. The van der Waals surface area contributed by atoms with Crippen LogP contribution in [0.2, 0.25) is 0 Å². The number of carbonyl (C=O) groups excluding carboxylic acids is 1. The van der Waals surface area contributed by atoms with Crippen molar-refractivity contribution in [2.24, 2.45) is 11.0 Å². The zero-order valence-electron chi connectivity index (χ0n) is 12.7. The predicted molar refractivity (Wildman–Crippen MR) is 79.1 cm³/mol. The van der Waals surface area contributed by atoms with Crippen LogP contribution < -0.4 is 0 Å². The van der Waals surface area contributed by atoms with E-state index in [-0.39, 0.29) is 12.0 Å². The number of esters is 1. The summed E-state index contributed by atoms with van der Waals surface area (Å²) >= 11 is 0. The predicted octanol–water partition coefficient (Wildman–Crippen LogP) is 2.92. The average Bonchev–Trinajstić information content (AvgIpc) is 2.54. The van der Waals surface area contributed by atoms with Crippen molar-refractivity contribution in [3.05, 3.63) is 46.3 Å². The number of hydrogen-bond acceptors (Lipinski definition) is 5. The third kappa shape index (κ3) is 3.39. The molecule has 7 nitrogen and oxygen atoms in total. The standard InChI is InChI=1S/C15H19N3O4/c1-9-12(17-18-16)10(2)21-15(20-3)13(9)22-14(19)11-7-5-4-6-8-11/h4-10,12-13,15H,1-3H3/t9-,10?,12-,13?,15-/m0/s1. The van der Waals surface area contributed by atoms with Crippen LogP contribution in [0.15, 0.2) is 35.4 Å². The molecule has 1 aliphatic heterocycles. The fraction of sp³-hybridized carbons (Fsp3) is 0.533. The lowest BCUT2D eigenvalue weighted by molar-refractivity contribution is -0.245. The molecular weight excluding hydrogens is 286 g/mol. The van der Waals surface area contributed by atoms with Gasteiger partial charge in [0.05, 0.1) is 17.7 Å². The number of carbonyl (C=O) groups is 1. The van der Waals surface area contributed by atoms with Gasteiger partial charge in [-0.1, -0.05) is 30.2 Å². The first-order chi connectivity index (χ1) is 10.6. The second-order valence-corrected chi connectivity index (χ2v) is 5.24. The number of rotatable bonds is 4. The van der Waals surface area contributed by atoms with Gasteiger partial charge in [0.15, 0.2) is 12.4 Å². The second kappa shape index (κ2) is 7.26. The number of benzene rings is 1. The van der Waals surface area contributed by atoms with Crippen molar-refractivity contribution in [3.63, 3.8) is 0 Å². The van der Waals surface area contributed by atoms with E-state index >= 15 is 0 Å². The Hall–Kier alpha value is -2.08. The summed E-state index contributed by atoms with van der Waals surface area (Å²) in [4.78, 5) is 15.1.